The van der Waals surface area contributed by atoms with Crippen molar-refractivity contribution in [1.82, 2.24) is 5.32 Å². The van der Waals surface area contributed by atoms with Gasteiger partial charge in [0, 0.05) is 17.4 Å². The van der Waals surface area contributed by atoms with E-state index < -0.39 is 6.10 Å². The number of nitrogens with one attached hydrogen (secondary N) is 1. The smallest absolute Gasteiger partial charge is 0.251 e. The second-order valence-electron chi connectivity index (χ2n) is 2.88. The lowest BCUT2D eigenvalue weighted by Crippen LogP contribution is -2.32. The van der Waals surface area contributed by atoms with E-state index in [2.05, 4.69) is 21.2 Å². The van der Waals surface area contributed by atoms with Gasteiger partial charge in [-0.2, -0.15) is 0 Å². The van der Waals surface area contributed by atoms with E-state index in [1.165, 1.54) is 0 Å². The number of carbonyl (C=O) groups is 1. The molecule has 4 heteroatoms. The quantitative estimate of drug-likeness (QED) is 0.796. The lowest BCUT2D eigenvalue weighted by atomic mass is 10.2. The van der Waals surface area contributed by atoms with Gasteiger partial charge in [0.05, 0.1) is 6.10 Å². The van der Waals surface area contributed by atoms with E-state index in [1.54, 1.807) is 24.3 Å². The van der Waals surface area contributed by atoms with Crippen molar-refractivity contribution in [3.8, 4) is 0 Å². The number of aliphatic hydroxyl groups excluding tert-OH is 1. The number of halogens is 1. The summed E-state index contributed by atoms with van der Waals surface area (Å²) in [5.74, 6) is -0.161. The molecule has 0 bridgehead atoms. The molecular formula is C10H12BrNO2. The van der Waals surface area contributed by atoms with Crippen LogP contribution in [0.25, 0.3) is 0 Å². The molecule has 3 nitrogen and oxygen atoms in total. The molecule has 0 saturated heterocycles. The molecule has 14 heavy (non-hydrogen) atoms. The third kappa shape index (κ3) is 3.47. The first kappa shape index (κ1) is 11.2. The van der Waals surface area contributed by atoms with Crippen LogP contribution < -0.4 is 5.32 Å². The predicted molar refractivity (Wildman–Crippen MR) is 58.6 cm³/mol. The zero-order valence-electron chi connectivity index (χ0n) is 7.61. The predicted octanol–water partition coefficient (Wildman–Crippen LogP) is 1.17. The summed E-state index contributed by atoms with van der Waals surface area (Å²) >= 11 is 3.12. The zero-order chi connectivity index (χ0) is 10.4. The Hall–Kier alpha value is -0.870. The summed E-state index contributed by atoms with van der Waals surface area (Å²) in [6, 6.07) is 8.92. The number of benzene rings is 1. The zero-order valence-corrected chi connectivity index (χ0v) is 9.20. The molecule has 1 atom stereocenters. The van der Waals surface area contributed by atoms with Gasteiger partial charge >= 0.3 is 0 Å². The van der Waals surface area contributed by atoms with Gasteiger partial charge in [-0.3, -0.25) is 4.79 Å². The number of alkyl halides is 1. The van der Waals surface area contributed by atoms with Crippen LogP contribution in [0.1, 0.15) is 10.4 Å². The second-order valence-corrected chi connectivity index (χ2v) is 3.53. The van der Waals surface area contributed by atoms with Crippen LogP contribution in [0, 0.1) is 0 Å². The van der Waals surface area contributed by atoms with Gasteiger partial charge in [0.15, 0.2) is 0 Å². The maximum atomic E-state index is 11.4. The molecule has 0 aliphatic rings. The topological polar surface area (TPSA) is 49.3 Å². The Kier molecular flexibility index (Phi) is 4.62. The monoisotopic (exact) mass is 257 g/mol. The largest absolute Gasteiger partial charge is 0.390 e. The Bertz CT molecular complexity index is 289. The summed E-state index contributed by atoms with van der Waals surface area (Å²) in [7, 11) is 0. The first-order valence-corrected chi connectivity index (χ1v) is 5.43. The molecule has 0 aromatic heterocycles. The van der Waals surface area contributed by atoms with E-state index >= 15 is 0 Å². The summed E-state index contributed by atoms with van der Waals surface area (Å²) < 4.78 is 0. The summed E-state index contributed by atoms with van der Waals surface area (Å²) in [5, 5.41) is 12.3. The fourth-order valence-electron chi connectivity index (χ4n) is 0.957. The van der Waals surface area contributed by atoms with E-state index in [0.29, 0.717) is 10.9 Å². The lowest BCUT2D eigenvalue weighted by molar-refractivity contribution is 0.0926. The molecule has 1 aromatic carbocycles. The van der Waals surface area contributed by atoms with Crippen LogP contribution in [0.4, 0.5) is 0 Å². The summed E-state index contributed by atoms with van der Waals surface area (Å²) in [6.07, 6.45) is -0.539. The maximum absolute atomic E-state index is 11.4. The van der Waals surface area contributed by atoms with Gasteiger partial charge in [0.1, 0.15) is 0 Å². The molecule has 1 amide bonds. The van der Waals surface area contributed by atoms with E-state index in [4.69, 9.17) is 0 Å². The van der Waals surface area contributed by atoms with Crippen molar-refractivity contribution < 1.29 is 9.90 Å². The Balaban J connectivity index is 2.44. The number of rotatable bonds is 4. The minimum Gasteiger partial charge on any atom is -0.390 e. The molecule has 0 saturated carbocycles. The third-order valence-corrected chi connectivity index (χ3v) is 2.46. The van der Waals surface area contributed by atoms with Crippen molar-refractivity contribution >= 4 is 21.8 Å². The third-order valence-electron chi connectivity index (χ3n) is 1.71. The average molecular weight is 258 g/mol. The molecule has 0 aliphatic carbocycles. The van der Waals surface area contributed by atoms with Crippen molar-refractivity contribution in [2.75, 3.05) is 11.9 Å². The number of aliphatic hydroxyl groups is 1. The van der Waals surface area contributed by atoms with Crippen LogP contribution in [0.2, 0.25) is 0 Å². The Labute approximate surface area is 91.3 Å². The van der Waals surface area contributed by atoms with Crippen LogP contribution in [-0.4, -0.2) is 29.0 Å². The van der Waals surface area contributed by atoms with Crippen LogP contribution in [-0.2, 0) is 0 Å². The molecule has 2 N–H and O–H groups in total. The van der Waals surface area contributed by atoms with Gasteiger partial charge in [0.2, 0.25) is 0 Å². The number of hydrogen-bond acceptors (Lipinski definition) is 2. The highest BCUT2D eigenvalue weighted by Crippen LogP contribution is 1.98. The molecule has 0 aliphatic heterocycles. The van der Waals surface area contributed by atoms with Gasteiger partial charge in [0.25, 0.3) is 5.91 Å². The fraction of sp³-hybridized carbons (Fsp3) is 0.300. The molecule has 0 heterocycles. The first-order valence-electron chi connectivity index (χ1n) is 4.31. The highest BCUT2D eigenvalue weighted by atomic mass is 79.9. The molecule has 0 spiro atoms. The average Bonchev–Trinajstić information content (AvgIpc) is 2.26. The molecule has 1 unspecified atom stereocenters. The van der Waals surface area contributed by atoms with E-state index in [9.17, 15) is 9.90 Å². The molecule has 0 radical (unpaired) electrons. The summed E-state index contributed by atoms with van der Waals surface area (Å²) in [5.41, 5.74) is 0.606. The van der Waals surface area contributed by atoms with Gasteiger partial charge in [-0.1, -0.05) is 34.1 Å². The van der Waals surface area contributed by atoms with Crippen LogP contribution in [0.5, 0.6) is 0 Å². The van der Waals surface area contributed by atoms with E-state index in [1.807, 2.05) is 6.07 Å². The normalized spacial score (nSPS) is 12.1. The van der Waals surface area contributed by atoms with Crippen molar-refractivity contribution in [2.24, 2.45) is 0 Å². The highest BCUT2D eigenvalue weighted by Gasteiger charge is 2.06. The molecule has 1 aromatic rings. The van der Waals surface area contributed by atoms with Crippen molar-refractivity contribution in [3.63, 3.8) is 0 Å². The van der Waals surface area contributed by atoms with E-state index in [-0.39, 0.29) is 12.5 Å². The van der Waals surface area contributed by atoms with Crippen molar-refractivity contribution in [2.45, 2.75) is 6.10 Å². The fourth-order valence-corrected chi connectivity index (χ4v) is 1.19. The Morgan fingerprint density at radius 2 is 2.07 bits per heavy atom. The van der Waals surface area contributed by atoms with Crippen LogP contribution in [0.15, 0.2) is 30.3 Å². The standard InChI is InChI=1S/C10H12BrNO2/c11-6-9(13)7-12-10(14)8-4-2-1-3-5-8/h1-5,9,13H,6-7H2,(H,12,14). The SMILES string of the molecule is O=C(NCC(O)CBr)c1ccccc1. The second kappa shape index (κ2) is 5.78. The maximum Gasteiger partial charge on any atom is 0.251 e. The Morgan fingerprint density at radius 1 is 1.43 bits per heavy atom. The number of amides is 1. The number of hydrogen-bond donors (Lipinski definition) is 2. The van der Waals surface area contributed by atoms with Crippen LogP contribution >= 0.6 is 15.9 Å². The number of carbonyl (C=O) groups excluding carboxylic acids is 1. The summed E-state index contributed by atoms with van der Waals surface area (Å²) in [4.78, 5) is 11.4. The van der Waals surface area contributed by atoms with Crippen molar-refractivity contribution in [1.29, 1.82) is 0 Å². The minimum atomic E-state index is -0.539. The van der Waals surface area contributed by atoms with Gasteiger partial charge in [-0.05, 0) is 12.1 Å². The first-order chi connectivity index (χ1) is 6.74. The molecular weight excluding hydrogens is 246 g/mol. The molecule has 1 rings (SSSR count). The highest BCUT2D eigenvalue weighted by molar-refractivity contribution is 9.09. The van der Waals surface area contributed by atoms with Crippen molar-refractivity contribution in [3.05, 3.63) is 35.9 Å². The summed E-state index contributed by atoms with van der Waals surface area (Å²) in [6.45, 7) is 0.263. The van der Waals surface area contributed by atoms with E-state index in [0.717, 1.165) is 0 Å². The van der Waals surface area contributed by atoms with Crippen LogP contribution in [0.3, 0.4) is 0 Å². The Morgan fingerprint density at radius 3 is 2.64 bits per heavy atom. The molecule has 0 fully saturated rings. The minimum absolute atomic E-state index is 0.161. The van der Waals surface area contributed by atoms with Gasteiger partial charge < -0.3 is 10.4 Å². The van der Waals surface area contributed by atoms with Gasteiger partial charge in [-0.15, -0.1) is 0 Å². The van der Waals surface area contributed by atoms with Gasteiger partial charge in [-0.25, -0.2) is 0 Å². The lowest BCUT2D eigenvalue weighted by Gasteiger charge is -2.08. The molecule has 76 valence electrons.